The number of fused-ring (bicyclic) bond motifs is 1. The molecule has 0 bridgehead atoms. The number of rotatable bonds is 4. The van der Waals surface area contributed by atoms with E-state index in [4.69, 9.17) is 23.1 Å². The topological polar surface area (TPSA) is 91.1 Å². The van der Waals surface area contributed by atoms with Crippen LogP contribution in [-0.4, -0.2) is 33.6 Å². The summed E-state index contributed by atoms with van der Waals surface area (Å²) in [7, 11) is 0. The average molecular weight is 315 g/mol. The van der Waals surface area contributed by atoms with E-state index < -0.39 is 12.0 Å². The molecule has 114 valence electrons. The number of aromatic nitrogens is 1. The number of carboxylic acids is 1. The van der Waals surface area contributed by atoms with E-state index in [9.17, 15) is 4.79 Å². The van der Waals surface area contributed by atoms with Gasteiger partial charge in [0.2, 0.25) is 0 Å². The van der Waals surface area contributed by atoms with Gasteiger partial charge in [-0.1, -0.05) is 30.4 Å². The highest BCUT2D eigenvalue weighted by Gasteiger charge is 2.19. The maximum atomic E-state index is 11.1. The Morgan fingerprint density at radius 1 is 1.45 bits per heavy atom. The van der Waals surface area contributed by atoms with Crippen molar-refractivity contribution in [2.24, 2.45) is 5.73 Å². The predicted octanol–water partition coefficient (Wildman–Crippen LogP) is 1.83. The van der Waals surface area contributed by atoms with Crippen molar-refractivity contribution < 1.29 is 9.90 Å². The van der Waals surface area contributed by atoms with Crippen LogP contribution in [0.15, 0.2) is 29.8 Å². The number of para-hydroxylation sites is 1. The highest BCUT2D eigenvalue weighted by atomic mass is 32.1. The number of hydrogen-bond acceptors (Lipinski definition) is 3. The standard InChI is InChI=1S/C16H17N3O2S/c17-12(16(20)21)8-11-10-3-1-2-4-13(10)19-14(11)7-9-5-6-18-15(9)22/h1-4,7,12,19H,5-6,8,17H2,(H,18,22)(H,20,21)/b9-7+/t12-/m0/s1. The molecular formula is C16H17N3O2S. The van der Waals surface area contributed by atoms with E-state index in [-0.39, 0.29) is 6.42 Å². The van der Waals surface area contributed by atoms with Gasteiger partial charge in [0.15, 0.2) is 0 Å². The number of thiocarbonyl (C=S) groups is 1. The zero-order chi connectivity index (χ0) is 15.7. The normalized spacial score (nSPS) is 17.9. The van der Waals surface area contributed by atoms with E-state index in [2.05, 4.69) is 10.3 Å². The Labute approximate surface area is 133 Å². The summed E-state index contributed by atoms with van der Waals surface area (Å²) in [5.41, 5.74) is 9.58. The van der Waals surface area contributed by atoms with Crippen molar-refractivity contribution in [2.75, 3.05) is 6.54 Å². The van der Waals surface area contributed by atoms with Gasteiger partial charge in [0.1, 0.15) is 11.0 Å². The van der Waals surface area contributed by atoms with Crippen molar-refractivity contribution in [3.63, 3.8) is 0 Å². The summed E-state index contributed by atoms with van der Waals surface area (Å²) in [6.45, 7) is 0.842. The minimum atomic E-state index is -0.998. The summed E-state index contributed by atoms with van der Waals surface area (Å²) in [6, 6.07) is 6.90. The number of H-pyrrole nitrogens is 1. The Kier molecular flexibility index (Phi) is 3.96. The number of aliphatic carboxylic acids is 1. The lowest BCUT2D eigenvalue weighted by Gasteiger charge is -2.07. The zero-order valence-corrected chi connectivity index (χ0v) is 12.7. The molecule has 1 aliphatic heterocycles. The lowest BCUT2D eigenvalue weighted by Crippen LogP contribution is -2.32. The molecular weight excluding hydrogens is 298 g/mol. The summed E-state index contributed by atoms with van der Waals surface area (Å²) in [6.07, 6.45) is 3.16. The van der Waals surface area contributed by atoms with Gasteiger partial charge in [-0.05, 0) is 29.7 Å². The molecule has 22 heavy (non-hydrogen) atoms. The first-order valence-electron chi connectivity index (χ1n) is 7.13. The second-order valence-corrected chi connectivity index (χ2v) is 5.80. The fourth-order valence-corrected chi connectivity index (χ4v) is 2.98. The van der Waals surface area contributed by atoms with Crippen molar-refractivity contribution >= 4 is 40.2 Å². The van der Waals surface area contributed by atoms with Crippen LogP contribution in [0, 0.1) is 0 Å². The Morgan fingerprint density at radius 3 is 2.91 bits per heavy atom. The van der Waals surface area contributed by atoms with E-state index in [0.717, 1.165) is 45.7 Å². The number of carbonyl (C=O) groups is 1. The molecule has 0 aliphatic carbocycles. The maximum absolute atomic E-state index is 11.1. The van der Waals surface area contributed by atoms with Crippen LogP contribution in [0.3, 0.4) is 0 Å². The first kappa shape index (κ1) is 14.7. The van der Waals surface area contributed by atoms with Crippen LogP contribution in [0.4, 0.5) is 0 Å². The quantitative estimate of drug-likeness (QED) is 0.510. The largest absolute Gasteiger partial charge is 0.480 e. The van der Waals surface area contributed by atoms with E-state index in [1.54, 1.807) is 0 Å². The van der Waals surface area contributed by atoms with Crippen molar-refractivity contribution in [1.82, 2.24) is 10.3 Å². The molecule has 2 aromatic rings. The van der Waals surface area contributed by atoms with Gasteiger partial charge in [-0.2, -0.15) is 0 Å². The molecule has 5 N–H and O–H groups in total. The van der Waals surface area contributed by atoms with E-state index in [1.165, 1.54) is 0 Å². The molecule has 2 heterocycles. The predicted molar refractivity (Wildman–Crippen MR) is 90.8 cm³/mol. The molecule has 1 atom stereocenters. The molecule has 1 aromatic carbocycles. The minimum Gasteiger partial charge on any atom is -0.480 e. The van der Waals surface area contributed by atoms with Gasteiger partial charge in [0.25, 0.3) is 0 Å². The second kappa shape index (κ2) is 5.90. The summed E-state index contributed by atoms with van der Waals surface area (Å²) < 4.78 is 0. The molecule has 0 amide bonds. The van der Waals surface area contributed by atoms with Crippen LogP contribution >= 0.6 is 12.2 Å². The Morgan fingerprint density at radius 2 is 2.23 bits per heavy atom. The van der Waals surface area contributed by atoms with Crippen molar-refractivity contribution in [3.05, 3.63) is 41.1 Å². The minimum absolute atomic E-state index is 0.276. The first-order valence-corrected chi connectivity index (χ1v) is 7.54. The Hall–Kier alpha value is -2.18. The van der Waals surface area contributed by atoms with Crippen molar-refractivity contribution in [2.45, 2.75) is 18.9 Å². The van der Waals surface area contributed by atoms with Gasteiger partial charge < -0.3 is 21.1 Å². The summed E-state index contributed by atoms with van der Waals surface area (Å²) in [5.74, 6) is -0.998. The summed E-state index contributed by atoms with van der Waals surface area (Å²) in [5, 5.41) is 13.2. The van der Waals surface area contributed by atoms with E-state index in [1.807, 2.05) is 30.3 Å². The molecule has 5 nitrogen and oxygen atoms in total. The molecule has 0 unspecified atom stereocenters. The van der Waals surface area contributed by atoms with Crippen LogP contribution in [0.5, 0.6) is 0 Å². The number of aromatic amines is 1. The fourth-order valence-electron chi connectivity index (χ4n) is 2.72. The number of nitrogens with two attached hydrogens (primary N) is 1. The number of benzene rings is 1. The van der Waals surface area contributed by atoms with Crippen molar-refractivity contribution in [1.29, 1.82) is 0 Å². The summed E-state index contributed by atoms with van der Waals surface area (Å²) in [4.78, 5) is 15.2. The lowest BCUT2D eigenvalue weighted by molar-refractivity contribution is -0.138. The SMILES string of the molecule is N[C@@H](Cc1c(/C=C2\CCNC2=S)[nH]c2ccccc12)C(=O)O. The van der Waals surface area contributed by atoms with Crippen LogP contribution in [0.1, 0.15) is 17.7 Å². The second-order valence-electron chi connectivity index (χ2n) is 5.39. The molecule has 0 spiro atoms. The van der Waals surface area contributed by atoms with Crippen LogP contribution in [-0.2, 0) is 11.2 Å². The molecule has 6 heteroatoms. The molecule has 0 saturated carbocycles. The molecule has 1 fully saturated rings. The van der Waals surface area contributed by atoms with Gasteiger partial charge in [-0.15, -0.1) is 0 Å². The highest BCUT2D eigenvalue weighted by molar-refractivity contribution is 7.80. The molecule has 1 aromatic heterocycles. The Balaban J connectivity index is 2.08. The lowest BCUT2D eigenvalue weighted by atomic mass is 10.0. The summed E-state index contributed by atoms with van der Waals surface area (Å²) >= 11 is 5.28. The smallest absolute Gasteiger partial charge is 0.320 e. The molecule has 3 rings (SSSR count). The molecule has 1 saturated heterocycles. The number of nitrogens with one attached hydrogen (secondary N) is 2. The van der Waals surface area contributed by atoms with Gasteiger partial charge in [0, 0.05) is 29.6 Å². The van der Waals surface area contributed by atoms with E-state index >= 15 is 0 Å². The van der Waals surface area contributed by atoms with Gasteiger partial charge in [0.05, 0.1) is 0 Å². The monoisotopic (exact) mass is 315 g/mol. The van der Waals surface area contributed by atoms with E-state index in [0.29, 0.717) is 0 Å². The van der Waals surface area contributed by atoms with Crippen LogP contribution in [0.25, 0.3) is 17.0 Å². The molecule has 0 radical (unpaired) electrons. The highest BCUT2D eigenvalue weighted by Crippen LogP contribution is 2.26. The third-order valence-corrected chi connectivity index (χ3v) is 4.28. The number of hydrogen-bond donors (Lipinski definition) is 4. The fraction of sp³-hybridized carbons (Fsp3) is 0.250. The third kappa shape index (κ3) is 2.75. The van der Waals surface area contributed by atoms with Crippen LogP contribution < -0.4 is 11.1 Å². The Bertz CT molecular complexity index is 779. The van der Waals surface area contributed by atoms with Crippen molar-refractivity contribution in [3.8, 4) is 0 Å². The van der Waals surface area contributed by atoms with Gasteiger partial charge >= 0.3 is 5.97 Å². The number of carboxylic acid groups (broad SMARTS) is 1. The third-order valence-electron chi connectivity index (χ3n) is 3.88. The van der Waals surface area contributed by atoms with Gasteiger partial charge in [-0.3, -0.25) is 4.79 Å². The van der Waals surface area contributed by atoms with Crippen LogP contribution in [0.2, 0.25) is 0 Å². The average Bonchev–Trinajstić information content (AvgIpc) is 3.04. The first-order chi connectivity index (χ1) is 10.6. The molecule has 1 aliphatic rings. The van der Waals surface area contributed by atoms with Gasteiger partial charge in [-0.25, -0.2) is 0 Å². The maximum Gasteiger partial charge on any atom is 0.320 e. The zero-order valence-electron chi connectivity index (χ0n) is 11.9.